The number of nitrogens with one attached hydrogen (secondary N) is 1. The van der Waals surface area contributed by atoms with E-state index in [2.05, 4.69) is 32.4 Å². The Labute approximate surface area is 169 Å². The van der Waals surface area contributed by atoms with Crippen LogP contribution in [0.1, 0.15) is 11.4 Å². The van der Waals surface area contributed by atoms with Gasteiger partial charge < -0.3 is 15.8 Å². The van der Waals surface area contributed by atoms with Gasteiger partial charge in [-0.3, -0.25) is 0 Å². The van der Waals surface area contributed by atoms with E-state index in [9.17, 15) is 0 Å². The van der Waals surface area contributed by atoms with Crippen LogP contribution in [-0.2, 0) is 6.61 Å². The summed E-state index contributed by atoms with van der Waals surface area (Å²) >= 11 is 0. The van der Waals surface area contributed by atoms with Crippen molar-refractivity contribution in [3.05, 3.63) is 90.3 Å². The molecular formula is C23H21N5O. The number of aryl methyl sites for hydroxylation is 1. The Kier molecular flexibility index (Phi) is 5.33. The lowest BCUT2D eigenvalue weighted by atomic mass is 10.1. The van der Waals surface area contributed by atoms with Crippen LogP contribution in [0, 0.1) is 6.92 Å². The van der Waals surface area contributed by atoms with Crippen LogP contribution in [-0.4, -0.2) is 15.0 Å². The molecule has 0 bridgehead atoms. The Hall–Kier alpha value is -3.93. The molecule has 6 heteroatoms. The lowest BCUT2D eigenvalue weighted by molar-refractivity contribution is 0.296. The first-order valence-corrected chi connectivity index (χ1v) is 9.28. The number of hydrogen-bond donors (Lipinski definition) is 2. The van der Waals surface area contributed by atoms with Gasteiger partial charge in [-0.15, -0.1) is 0 Å². The third-order valence-electron chi connectivity index (χ3n) is 4.34. The average Bonchev–Trinajstić information content (AvgIpc) is 2.75. The summed E-state index contributed by atoms with van der Waals surface area (Å²) in [5.41, 5.74) is 10.2. The van der Waals surface area contributed by atoms with Crippen LogP contribution in [0.2, 0.25) is 0 Å². The summed E-state index contributed by atoms with van der Waals surface area (Å²) in [7, 11) is 0. The Balaban J connectivity index is 1.43. The van der Waals surface area contributed by atoms with Gasteiger partial charge in [0.2, 0.25) is 11.9 Å². The number of ether oxygens (including phenoxy) is 1. The molecule has 1 heterocycles. The molecule has 0 aliphatic rings. The minimum atomic E-state index is 0.146. The maximum absolute atomic E-state index is 5.83. The molecule has 3 N–H and O–H groups in total. The fraction of sp³-hybridized carbons (Fsp3) is 0.0870. The quantitative estimate of drug-likeness (QED) is 0.500. The summed E-state index contributed by atoms with van der Waals surface area (Å²) in [4.78, 5) is 12.7. The number of nitrogens with zero attached hydrogens (tertiary/aromatic N) is 3. The predicted octanol–water partition coefficient (Wildman–Crippen LogP) is 4.75. The number of anilines is 3. The number of benzene rings is 3. The van der Waals surface area contributed by atoms with Crippen LogP contribution in [0.25, 0.3) is 11.1 Å². The fourth-order valence-corrected chi connectivity index (χ4v) is 2.85. The zero-order chi connectivity index (χ0) is 20.1. The Morgan fingerprint density at radius 3 is 2.21 bits per heavy atom. The van der Waals surface area contributed by atoms with Crippen molar-refractivity contribution in [1.29, 1.82) is 0 Å². The van der Waals surface area contributed by atoms with Gasteiger partial charge in [0, 0.05) is 5.69 Å². The molecule has 0 amide bonds. The van der Waals surface area contributed by atoms with Crippen LogP contribution in [0.3, 0.4) is 0 Å². The summed E-state index contributed by atoms with van der Waals surface area (Å²) in [6.07, 6.45) is 0. The van der Waals surface area contributed by atoms with Crippen molar-refractivity contribution in [1.82, 2.24) is 15.0 Å². The zero-order valence-corrected chi connectivity index (χ0v) is 16.0. The average molecular weight is 383 g/mol. The monoisotopic (exact) mass is 383 g/mol. The number of nitrogen functional groups attached to an aromatic ring is 1. The lowest BCUT2D eigenvalue weighted by Gasteiger charge is -2.09. The molecule has 29 heavy (non-hydrogen) atoms. The standard InChI is InChI=1S/C23H21N5O/c1-16-7-11-19(12-8-16)25-23-27-21(26-22(24)28-23)15-29-20-13-9-18(10-14-20)17-5-3-2-4-6-17/h2-14H,15H2,1H3,(H3,24,25,26,27,28). The normalized spacial score (nSPS) is 10.5. The summed E-state index contributed by atoms with van der Waals surface area (Å²) in [6, 6.07) is 26.0. The minimum Gasteiger partial charge on any atom is -0.486 e. The maximum Gasteiger partial charge on any atom is 0.232 e. The van der Waals surface area contributed by atoms with Gasteiger partial charge in [-0.25, -0.2) is 0 Å². The van der Waals surface area contributed by atoms with Gasteiger partial charge in [-0.1, -0.05) is 60.2 Å². The molecule has 4 rings (SSSR count). The minimum absolute atomic E-state index is 0.146. The maximum atomic E-state index is 5.83. The van der Waals surface area contributed by atoms with Gasteiger partial charge in [-0.2, -0.15) is 15.0 Å². The second-order valence-corrected chi connectivity index (χ2v) is 6.60. The third-order valence-corrected chi connectivity index (χ3v) is 4.34. The van der Waals surface area contributed by atoms with E-state index in [0.717, 1.165) is 22.6 Å². The van der Waals surface area contributed by atoms with E-state index in [1.807, 2.05) is 73.7 Å². The molecule has 1 aromatic heterocycles. The summed E-state index contributed by atoms with van der Waals surface area (Å²) in [5, 5.41) is 3.14. The number of nitrogens with two attached hydrogens (primary N) is 1. The van der Waals surface area contributed by atoms with Gasteiger partial charge in [-0.05, 0) is 42.3 Å². The second kappa shape index (κ2) is 8.39. The number of rotatable bonds is 6. The molecule has 0 radical (unpaired) electrons. The molecule has 4 aromatic rings. The molecule has 0 fully saturated rings. The van der Waals surface area contributed by atoms with Gasteiger partial charge in [0.1, 0.15) is 12.4 Å². The van der Waals surface area contributed by atoms with Crippen molar-refractivity contribution < 1.29 is 4.74 Å². The molecule has 0 spiro atoms. The molecule has 0 saturated heterocycles. The highest BCUT2D eigenvalue weighted by atomic mass is 16.5. The molecule has 0 aliphatic heterocycles. The first kappa shape index (κ1) is 18.4. The number of aromatic nitrogens is 3. The summed E-state index contributed by atoms with van der Waals surface area (Å²) in [6.45, 7) is 2.23. The first-order valence-electron chi connectivity index (χ1n) is 9.28. The Morgan fingerprint density at radius 1 is 0.793 bits per heavy atom. The van der Waals surface area contributed by atoms with Crippen molar-refractivity contribution in [2.45, 2.75) is 13.5 Å². The van der Waals surface area contributed by atoms with Crippen molar-refractivity contribution in [2.24, 2.45) is 0 Å². The van der Waals surface area contributed by atoms with Gasteiger partial charge in [0.15, 0.2) is 5.82 Å². The summed E-state index contributed by atoms with van der Waals surface area (Å²) in [5.74, 6) is 1.72. The number of hydrogen-bond acceptors (Lipinski definition) is 6. The smallest absolute Gasteiger partial charge is 0.232 e. The topological polar surface area (TPSA) is 86.0 Å². The SMILES string of the molecule is Cc1ccc(Nc2nc(N)nc(COc3ccc(-c4ccccc4)cc3)n2)cc1. The Bertz CT molecular complexity index is 1080. The molecule has 6 nitrogen and oxygen atoms in total. The highest BCUT2D eigenvalue weighted by Crippen LogP contribution is 2.22. The first-order chi connectivity index (χ1) is 14.2. The molecule has 144 valence electrons. The third kappa shape index (κ3) is 4.87. The van der Waals surface area contributed by atoms with E-state index in [1.54, 1.807) is 0 Å². The highest BCUT2D eigenvalue weighted by molar-refractivity contribution is 5.63. The van der Waals surface area contributed by atoms with Crippen molar-refractivity contribution >= 4 is 17.6 Å². The fourth-order valence-electron chi connectivity index (χ4n) is 2.85. The molecule has 0 atom stereocenters. The molecule has 0 aliphatic carbocycles. The van der Waals surface area contributed by atoms with Crippen molar-refractivity contribution in [3.63, 3.8) is 0 Å². The van der Waals surface area contributed by atoms with Crippen LogP contribution in [0.5, 0.6) is 5.75 Å². The Morgan fingerprint density at radius 2 is 1.48 bits per heavy atom. The predicted molar refractivity (Wildman–Crippen MR) is 115 cm³/mol. The van der Waals surface area contributed by atoms with E-state index in [4.69, 9.17) is 10.5 Å². The van der Waals surface area contributed by atoms with E-state index < -0.39 is 0 Å². The molecule has 0 saturated carbocycles. The van der Waals surface area contributed by atoms with E-state index in [-0.39, 0.29) is 12.6 Å². The summed E-state index contributed by atoms with van der Waals surface area (Å²) < 4.78 is 5.82. The van der Waals surface area contributed by atoms with Crippen LogP contribution < -0.4 is 15.8 Å². The van der Waals surface area contributed by atoms with E-state index >= 15 is 0 Å². The van der Waals surface area contributed by atoms with E-state index in [0.29, 0.717) is 11.8 Å². The van der Waals surface area contributed by atoms with Gasteiger partial charge >= 0.3 is 0 Å². The van der Waals surface area contributed by atoms with Crippen molar-refractivity contribution in [2.75, 3.05) is 11.1 Å². The van der Waals surface area contributed by atoms with Crippen molar-refractivity contribution in [3.8, 4) is 16.9 Å². The van der Waals surface area contributed by atoms with Crippen LogP contribution in [0.4, 0.5) is 17.6 Å². The molecule has 0 unspecified atom stereocenters. The highest BCUT2D eigenvalue weighted by Gasteiger charge is 2.07. The van der Waals surface area contributed by atoms with Crippen LogP contribution in [0.15, 0.2) is 78.9 Å². The molecular weight excluding hydrogens is 362 g/mol. The lowest BCUT2D eigenvalue weighted by Crippen LogP contribution is -2.09. The zero-order valence-electron chi connectivity index (χ0n) is 16.0. The van der Waals surface area contributed by atoms with Gasteiger partial charge in [0.25, 0.3) is 0 Å². The van der Waals surface area contributed by atoms with Crippen LogP contribution >= 0.6 is 0 Å². The second-order valence-electron chi connectivity index (χ2n) is 6.60. The molecule has 3 aromatic carbocycles. The largest absolute Gasteiger partial charge is 0.486 e. The van der Waals surface area contributed by atoms with Gasteiger partial charge in [0.05, 0.1) is 0 Å². The van der Waals surface area contributed by atoms with E-state index in [1.165, 1.54) is 5.56 Å².